The van der Waals surface area contributed by atoms with Gasteiger partial charge < -0.3 is 10.2 Å². The minimum absolute atomic E-state index is 0.486. The van der Waals surface area contributed by atoms with E-state index in [9.17, 15) is 8.42 Å². The van der Waals surface area contributed by atoms with Crippen LogP contribution in [0.2, 0.25) is 0 Å². The highest BCUT2D eigenvalue weighted by molar-refractivity contribution is 7.91. The molecule has 7 heteroatoms. The average Bonchev–Trinajstić information content (AvgIpc) is 3.21. The van der Waals surface area contributed by atoms with Crippen LogP contribution >= 0.6 is 11.3 Å². The number of hydrogen-bond acceptors (Lipinski definition) is 5. The number of likely N-dealkylation sites (N-methyl/N-ethyl adjacent to an activating group) is 1. The van der Waals surface area contributed by atoms with Crippen molar-refractivity contribution in [3.05, 3.63) is 17.0 Å². The second-order valence-electron chi connectivity index (χ2n) is 5.71. The maximum atomic E-state index is 12.6. The number of piperazine rings is 1. The Morgan fingerprint density at radius 1 is 1.24 bits per heavy atom. The second kappa shape index (κ2) is 6.34. The lowest BCUT2D eigenvalue weighted by Crippen LogP contribution is -2.48. The predicted octanol–water partition coefficient (Wildman–Crippen LogP) is 1.33. The lowest BCUT2D eigenvalue weighted by molar-refractivity contribution is 0.196. The van der Waals surface area contributed by atoms with Gasteiger partial charge >= 0.3 is 0 Å². The number of thiophene rings is 1. The monoisotopic (exact) mass is 329 g/mol. The van der Waals surface area contributed by atoms with Crippen molar-refractivity contribution in [3.8, 4) is 0 Å². The zero-order valence-corrected chi connectivity index (χ0v) is 14.0. The summed E-state index contributed by atoms with van der Waals surface area (Å²) >= 11 is 1.40. The lowest BCUT2D eigenvalue weighted by atomic mass is 10.4. The van der Waals surface area contributed by atoms with E-state index in [1.54, 1.807) is 10.4 Å². The molecule has 2 heterocycles. The Hall–Kier alpha value is -0.470. The first-order chi connectivity index (χ1) is 10.1. The Balaban J connectivity index is 1.63. The van der Waals surface area contributed by atoms with Gasteiger partial charge in [-0.05, 0) is 31.5 Å². The van der Waals surface area contributed by atoms with E-state index in [2.05, 4.69) is 17.1 Å². The second-order valence-corrected chi connectivity index (χ2v) is 9.05. The summed E-state index contributed by atoms with van der Waals surface area (Å²) in [6.45, 7) is 6.75. The minimum Gasteiger partial charge on any atom is -0.309 e. The van der Waals surface area contributed by atoms with Gasteiger partial charge in [-0.2, -0.15) is 4.31 Å². The van der Waals surface area contributed by atoms with Crippen LogP contribution in [0.3, 0.4) is 0 Å². The Kier molecular flexibility index (Phi) is 4.66. The van der Waals surface area contributed by atoms with Gasteiger partial charge in [0.05, 0.1) is 0 Å². The fourth-order valence-electron chi connectivity index (χ4n) is 2.54. The van der Waals surface area contributed by atoms with E-state index < -0.39 is 10.0 Å². The number of nitrogens with zero attached hydrogens (tertiary/aromatic N) is 2. The SMILES string of the molecule is CCN1CCN(S(=O)(=O)c2ccc(CNC3CC3)s2)CC1. The van der Waals surface area contributed by atoms with Crippen molar-refractivity contribution in [2.75, 3.05) is 32.7 Å². The van der Waals surface area contributed by atoms with Crippen LogP contribution in [0.15, 0.2) is 16.3 Å². The summed E-state index contributed by atoms with van der Waals surface area (Å²) in [4.78, 5) is 3.39. The molecule has 1 aliphatic heterocycles. The summed E-state index contributed by atoms with van der Waals surface area (Å²) < 4.78 is 27.4. The van der Waals surface area contributed by atoms with E-state index >= 15 is 0 Å². The van der Waals surface area contributed by atoms with Crippen molar-refractivity contribution in [2.24, 2.45) is 0 Å². The van der Waals surface area contributed by atoms with E-state index in [1.807, 2.05) is 6.07 Å². The largest absolute Gasteiger partial charge is 0.309 e. The third kappa shape index (κ3) is 3.65. The molecule has 1 aromatic rings. The maximum Gasteiger partial charge on any atom is 0.252 e. The van der Waals surface area contributed by atoms with Crippen molar-refractivity contribution >= 4 is 21.4 Å². The molecule has 118 valence electrons. The zero-order chi connectivity index (χ0) is 14.9. The van der Waals surface area contributed by atoms with Gasteiger partial charge in [0.15, 0.2) is 0 Å². The third-order valence-corrected chi connectivity index (χ3v) is 7.60. The molecule has 1 saturated carbocycles. The number of hydrogen-bond donors (Lipinski definition) is 1. The molecule has 0 unspecified atom stereocenters. The van der Waals surface area contributed by atoms with Crippen molar-refractivity contribution in [1.29, 1.82) is 0 Å². The quantitative estimate of drug-likeness (QED) is 0.855. The van der Waals surface area contributed by atoms with E-state index in [-0.39, 0.29) is 0 Å². The first kappa shape index (κ1) is 15.4. The van der Waals surface area contributed by atoms with Gasteiger partial charge in [-0.15, -0.1) is 11.3 Å². The summed E-state index contributed by atoms with van der Waals surface area (Å²) in [5.41, 5.74) is 0. The zero-order valence-electron chi connectivity index (χ0n) is 12.4. The lowest BCUT2D eigenvalue weighted by Gasteiger charge is -2.32. The smallest absolute Gasteiger partial charge is 0.252 e. The maximum absolute atomic E-state index is 12.6. The van der Waals surface area contributed by atoms with Gasteiger partial charge in [-0.25, -0.2) is 8.42 Å². The first-order valence-electron chi connectivity index (χ1n) is 7.64. The molecule has 0 spiro atoms. The molecule has 0 aromatic carbocycles. The van der Waals surface area contributed by atoms with E-state index in [0.717, 1.165) is 31.1 Å². The molecule has 2 fully saturated rings. The Morgan fingerprint density at radius 3 is 2.57 bits per heavy atom. The molecular formula is C14H23N3O2S2. The predicted molar refractivity (Wildman–Crippen MR) is 85.1 cm³/mol. The van der Waals surface area contributed by atoms with Crippen LogP contribution in [0.4, 0.5) is 0 Å². The Morgan fingerprint density at radius 2 is 1.95 bits per heavy atom. The van der Waals surface area contributed by atoms with Crippen LogP contribution in [-0.4, -0.2) is 56.4 Å². The molecule has 0 bridgehead atoms. The normalized spacial score (nSPS) is 21.8. The molecular weight excluding hydrogens is 306 g/mol. The van der Waals surface area contributed by atoms with E-state index in [4.69, 9.17) is 0 Å². The summed E-state index contributed by atoms with van der Waals surface area (Å²) in [5.74, 6) is 0. The van der Waals surface area contributed by atoms with Gasteiger partial charge in [-0.1, -0.05) is 6.92 Å². The highest BCUT2D eigenvalue weighted by atomic mass is 32.2. The fraction of sp³-hybridized carbons (Fsp3) is 0.714. The summed E-state index contributed by atoms with van der Waals surface area (Å²) in [7, 11) is -3.30. The molecule has 3 rings (SSSR count). The number of nitrogens with one attached hydrogen (secondary N) is 1. The van der Waals surface area contributed by atoms with Crippen LogP contribution in [0.25, 0.3) is 0 Å². The fourth-order valence-corrected chi connectivity index (χ4v) is 5.42. The van der Waals surface area contributed by atoms with Crippen molar-refractivity contribution in [3.63, 3.8) is 0 Å². The van der Waals surface area contributed by atoms with Crippen LogP contribution in [0.1, 0.15) is 24.6 Å². The molecule has 5 nitrogen and oxygen atoms in total. The van der Waals surface area contributed by atoms with Gasteiger partial charge in [0.2, 0.25) is 0 Å². The summed E-state index contributed by atoms with van der Waals surface area (Å²) in [5, 5.41) is 3.43. The van der Waals surface area contributed by atoms with E-state index in [1.165, 1.54) is 24.2 Å². The number of rotatable bonds is 6. The van der Waals surface area contributed by atoms with Crippen molar-refractivity contribution in [2.45, 2.75) is 36.6 Å². The molecule has 21 heavy (non-hydrogen) atoms. The highest BCUT2D eigenvalue weighted by Crippen LogP contribution is 2.27. The van der Waals surface area contributed by atoms with Crippen molar-refractivity contribution < 1.29 is 8.42 Å². The van der Waals surface area contributed by atoms with Gasteiger partial charge in [-0.3, -0.25) is 0 Å². The topological polar surface area (TPSA) is 52.7 Å². The molecule has 2 aliphatic rings. The number of sulfonamides is 1. The van der Waals surface area contributed by atoms with Crippen LogP contribution in [-0.2, 0) is 16.6 Å². The Labute approximate surface area is 131 Å². The first-order valence-corrected chi connectivity index (χ1v) is 9.90. The molecule has 0 atom stereocenters. The molecule has 1 aromatic heterocycles. The van der Waals surface area contributed by atoms with Crippen LogP contribution in [0, 0.1) is 0 Å². The standard InChI is InChI=1S/C14H23N3O2S2/c1-2-16-7-9-17(10-8-16)21(18,19)14-6-5-13(20-14)11-15-12-3-4-12/h5-6,12,15H,2-4,7-11H2,1H3. The van der Waals surface area contributed by atoms with Crippen LogP contribution in [0.5, 0.6) is 0 Å². The molecule has 1 N–H and O–H groups in total. The summed E-state index contributed by atoms with van der Waals surface area (Å²) in [6, 6.07) is 4.35. The van der Waals surface area contributed by atoms with E-state index in [0.29, 0.717) is 23.3 Å². The third-order valence-electron chi connectivity index (χ3n) is 4.15. The van der Waals surface area contributed by atoms with Crippen LogP contribution < -0.4 is 5.32 Å². The average molecular weight is 329 g/mol. The van der Waals surface area contributed by atoms with Gasteiger partial charge in [0, 0.05) is 43.6 Å². The van der Waals surface area contributed by atoms with Crippen molar-refractivity contribution in [1.82, 2.24) is 14.5 Å². The molecule has 0 radical (unpaired) electrons. The minimum atomic E-state index is -3.30. The molecule has 0 amide bonds. The highest BCUT2D eigenvalue weighted by Gasteiger charge is 2.29. The Bertz CT molecular complexity index is 573. The van der Waals surface area contributed by atoms with Gasteiger partial charge in [0.25, 0.3) is 10.0 Å². The molecule has 1 saturated heterocycles. The van der Waals surface area contributed by atoms with Gasteiger partial charge in [0.1, 0.15) is 4.21 Å². The summed E-state index contributed by atoms with van der Waals surface area (Å²) in [6.07, 6.45) is 2.50. The molecule has 1 aliphatic carbocycles.